The number of rotatable bonds is 1. The number of piperidine rings is 1. The number of ketones is 1. The number of nitrogens with one attached hydrogen (secondary N) is 1. The molecule has 1 saturated heterocycles. The minimum atomic E-state index is -1.35. The fourth-order valence-electron chi connectivity index (χ4n) is 1.04. The van der Waals surface area contributed by atoms with Crippen LogP contribution in [0, 0.1) is 0 Å². The molecule has 0 aromatic rings. The van der Waals surface area contributed by atoms with E-state index in [1.807, 2.05) is 0 Å². The molecule has 4 N–H and O–H groups in total. The second-order valence-electron chi connectivity index (χ2n) is 2.57. The summed E-state index contributed by atoms with van der Waals surface area (Å²) in [6, 6.07) is -0.595. The van der Waals surface area contributed by atoms with Crippen LogP contribution in [-0.4, -0.2) is 52.5 Å². The van der Waals surface area contributed by atoms with Gasteiger partial charge in [-0.1, -0.05) is 0 Å². The van der Waals surface area contributed by atoms with E-state index in [0.29, 0.717) is 0 Å². The molecule has 0 aromatic carbocycles. The first-order valence-corrected chi connectivity index (χ1v) is 3.40. The SMILES string of the molecule is O=C1CN[C@H](CO)[C@@H](O)[C@@H]1O. The van der Waals surface area contributed by atoms with Gasteiger partial charge in [-0.25, -0.2) is 0 Å². The number of hydrogen-bond donors (Lipinski definition) is 4. The van der Waals surface area contributed by atoms with Crippen LogP contribution in [0.15, 0.2) is 0 Å². The molecule has 0 aliphatic carbocycles. The maximum atomic E-state index is 10.7. The number of aliphatic hydroxyl groups is 3. The molecule has 0 radical (unpaired) electrons. The van der Waals surface area contributed by atoms with Crippen LogP contribution in [0.1, 0.15) is 0 Å². The Morgan fingerprint density at radius 2 is 2.18 bits per heavy atom. The van der Waals surface area contributed by atoms with E-state index in [2.05, 4.69) is 5.32 Å². The van der Waals surface area contributed by atoms with Crippen LogP contribution >= 0.6 is 0 Å². The fourth-order valence-corrected chi connectivity index (χ4v) is 1.04. The van der Waals surface area contributed by atoms with E-state index < -0.39 is 24.0 Å². The van der Waals surface area contributed by atoms with Gasteiger partial charge in [0.15, 0.2) is 5.78 Å². The van der Waals surface area contributed by atoms with E-state index in [-0.39, 0.29) is 13.2 Å². The van der Waals surface area contributed by atoms with Gasteiger partial charge in [-0.3, -0.25) is 4.79 Å². The molecule has 0 spiro atoms. The third-order valence-corrected chi connectivity index (χ3v) is 1.80. The first-order valence-electron chi connectivity index (χ1n) is 3.40. The summed E-state index contributed by atoms with van der Waals surface area (Å²) < 4.78 is 0. The summed E-state index contributed by atoms with van der Waals surface area (Å²) in [6.45, 7) is -0.283. The Labute approximate surface area is 63.7 Å². The van der Waals surface area contributed by atoms with Gasteiger partial charge in [0.25, 0.3) is 0 Å². The Balaban J connectivity index is 2.59. The van der Waals surface area contributed by atoms with Gasteiger partial charge in [-0.2, -0.15) is 0 Å². The Hall–Kier alpha value is -0.490. The Kier molecular flexibility index (Phi) is 2.56. The number of carbonyl (C=O) groups excluding carboxylic acids is 1. The van der Waals surface area contributed by atoms with Gasteiger partial charge < -0.3 is 20.6 Å². The molecule has 0 unspecified atom stereocenters. The molecule has 5 nitrogen and oxygen atoms in total. The average Bonchev–Trinajstić information content (AvgIpc) is 2.01. The van der Waals surface area contributed by atoms with Gasteiger partial charge in [-0.05, 0) is 0 Å². The smallest absolute Gasteiger partial charge is 0.177 e. The highest BCUT2D eigenvalue weighted by molar-refractivity contribution is 5.86. The summed E-state index contributed by atoms with van der Waals surface area (Å²) in [5.74, 6) is -0.442. The lowest BCUT2D eigenvalue weighted by Gasteiger charge is -2.30. The first-order chi connectivity index (χ1) is 5.16. The molecule has 64 valence electrons. The van der Waals surface area contributed by atoms with Crippen LogP contribution in [0.4, 0.5) is 0 Å². The van der Waals surface area contributed by atoms with Crippen LogP contribution in [0.3, 0.4) is 0 Å². The largest absolute Gasteiger partial charge is 0.395 e. The van der Waals surface area contributed by atoms with Crippen molar-refractivity contribution in [2.45, 2.75) is 18.2 Å². The highest BCUT2D eigenvalue weighted by Gasteiger charge is 2.35. The number of carbonyl (C=O) groups is 1. The summed E-state index contributed by atoms with van der Waals surface area (Å²) >= 11 is 0. The third kappa shape index (κ3) is 1.57. The van der Waals surface area contributed by atoms with Gasteiger partial charge in [-0.15, -0.1) is 0 Å². The van der Waals surface area contributed by atoms with Gasteiger partial charge >= 0.3 is 0 Å². The Morgan fingerprint density at radius 1 is 1.55 bits per heavy atom. The van der Waals surface area contributed by atoms with Crippen molar-refractivity contribution < 1.29 is 20.1 Å². The quantitative estimate of drug-likeness (QED) is 0.334. The second kappa shape index (κ2) is 3.27. The van der Waals surface area contributed by atoms with Crippen molar-refractivity contribution >= 4 is 5.78 Å². The van der Waals surface area contributed by atoms with Gasteiger partial charge in [0.05, 0.1) is 19.2 Å². The van der Waals surface area contributed by atoms with E-state index in [1.54, 1.807) is 0 Å². The topological polar surface area (TPSA) is 89.8 Å². The van der Waals surface area contributed by atoms with Gasteiger partial charge in [0, 0.05) is 0 Å². The normalized spacial score (nSPS) is 39.2. The zero-order chi connectivity index (χ0) is 8.43. The molecule has 1 aliphatic heterocycles. The molecule has 0 aromatic heterocycles. The molecule has 1 heterocycles. The molecule has 3 atom stereocenters. The van der Waals surface area contributed by atoms with Crippen molar-refractivity contribution in [2.24, 2.45) is 0 Å². The Morgan fingerprint density at radius 3 is 2.73 bits per heavy atom. The molecule has 1 fully saturated rings. The lowest BCUT2D eigenvalue weighted by molar-refractivity contribution is -0.138. The zero-order valence-corrected chi connectivity index (χ0v) is 5.90. The maximum Gasteiger partial charge on any atom is 0.177 e. The van der Waals surface area contributed by atoms with Crippen LogP contribution in [0.2, 0.25) is 0 Å². The number of Topliss-reactive ketones (excluding diaryl/α,β-unsaturated/α-hetero) is 1. The molecular formula is C6H11NO4. The third-order valence-electron chi connectivity index (χ3n) is 1.80. The number of aliphatic hydroxyl groups excluding tert-OH is 3. The zero-order valence-electron chi connectivity index (χ0n) is 5.90. The second-order valence-corrected chi connectivity index (χ2v) is 2.57. The van der Waals surface area contributed by atoms with Gasteiger partial charge in [0.1, 0.15) is 12.2 Å². The highest BCUT2D eigenvalue weighted by Crippen LogP contribution is 2.05. The van der Waals surface area contributed by atoms with E-state index in [1.165, 1.54) is 0 Å². The average molecular weight is 161 g/mol. The maximum absolute atomic E-state index is 10.7. The minimum Gasteiger partial charge on any atom is -0.395 e. The van der Waals surface area contributed by atoms with Crippen molar-refractivity contribution in [1.82, 2.24) is 5.32 Å². The predicted molar refractivity (Wildman–Crippen MR) is 35.9 cm³/mol. The Bertz CT molecular complexity index is 161. The van der Waals surface area contributed by atoms with Crippen molar-refractivity contribution in [3.63, 3.8) is 0 Å². The lowest BCUT2D eigenvalue weighted by Crippen LogP contribution is -2.59. The summed E-state index contributed by atoms with van der Waals surface area (Å²) in [5, 5.41) is 29.3. The summed E-state index contributed by atoms with van der Waals surface area (Å²) in [6.07, 6.45) is -2.55. The van der Waals surface area contributed by atoms with E-state index in [4.69, 9.17) is 15.3 Å². The van der Waals surface area contributed by atoms with Crippen LogP contribution in [-0.2, 0) is 4.79 Å². The molecule has 0 bridgehead atoms. The minimum absolute atomic E-state index is 0.00343. The molecular weight excluding hydrogens is 150 g/mol. The number of hydrogen-bond acceptors (Lipinski definition) is 5. The summed E-state index contributed by atoms with van der Waals surface area (Å²) in [7, 11) is 0. The first kappa shape index (κ1) is 8.61. The lowest BCUT2D eigenvalue weighted by atomic mass is 9.98. The molecule has 5 heteroatoms. The fraction of sp³-hybridized carbons (Fsp3) is 0.833. The molecule has 1 rings (SSSR count). The van der Waals surface area contributed by atoms with Gasteiger partial charge in [0.2, 0.25) is 0 Å². The molecule has 1 aliphatic rings. The van der Waals surface area contributed by atoms with Crippen molar-refractivity contribution in [3.8, 4) is 0 Å². The van der Waals surface area contributed by atoms with Crippen LogP contribution in [0.5, 0.6) is 0 Å². The molecule has 0 saturated carbocycles. The summed E-state index contributed by atoms with van der Waals surface area (Å²) in [4.78, 5) is 10.7. The highest BCUT2D eigenvalue weighted by atomic mass is 16.3. The van der Waals surface area contributed by atoms with Crippen molar-refractivity contribution in [1.29, 1.82) is 0 Å². The van der Waals surface area contributed by atoms with Crippen LogP contribution in [0.25, 0.3) is 0 Å². The van der Waals surface area contributed by atoms with Crippen molar-refractivity contribution in [3.05, 3.63) is 0 Å². The van der Waals surface area contributed by atoms with Crippen molar-refractivity contribution in [2.75, 3.05) is 13.2 Å². The standard InChI is InChI=1S/C6H11NO4/c8-2-3-5(10)6(11)4(9)1-7-3/h3,5-8,10-11H,1-2H2/t3-,5-,6-/m1/s1. The van der Waals surface area contributed by atoms with E-state index in [9.17, 15) is 4.79 Å². The van der Waals surface area contributed by atoms with E-state index in [0.717, 1.165) is 0 Å². The molecule has 0 amide bonds. The predicted octanol–water partition coefficient (Wildman–Crippen LogP) is -2.76. The summed E-state index contributed by atoms with van der Waals surface area (Å²) in [5.41, 5.74) is 0. The van der Waals surface area contributed by atoms with E-state index >= 15 is 0 Å². The molecule has 11 heavy (non-hydrogen) atoms. The monoisotopic (exact) mass is 161 g/mol. The van der Waals surface area contributed by atoms with Crippen LogP contribution < -0.4 is 5.32 Å².